The monoisotopic (exact) mass is 217 g/mol. The van der Waals surface area contributed by atoms with E-state index in [1.807, 2.05) is 0 Å². The Bertz CT molecular complexity index is 302. The van der Waals surface area contributed by atoms with Gasteiger partial charge in [-0.15, -0.1) is 12.4 Å². The van der Waals surface area contributed by atoms with Gasteiger partial charge in [0.25, 0.3) is 0 Å². The molecule has 0 atom stereocenters. The van der Waals surface area contributed by atoms with E-state index in [0.717, 1.165) is 5.06 Å². The standard InChI is InChI=1S/C8H11N3O2.ClH/c1-13-11(8(10)12)7-4-2-6(9)3-5-7;/h2-5H,9H2,1H3,(H2,10,12);1H. The van der Waals surface area contributed by atoms with Gasteiger partial charge in [-0.2, -0.15) is 5.06 Å². The van der Waals surface area contributed by atoms with E-state index in [1.165, 1.54) is 7.11 Å². The highest BCUT2D eigenvalue weighted by Gasteiger charge is 2.10. The van der Waals surface area contributed by atoms with Gasteiger partial charge in [-0.1, -0.05) is 0 Å². The number of nitrogens with two attached hydrogens (primary N) is 2. The van der Waals surface area contributed by atoms with E-state index in [2.05, 4.69) is 0 Å². The molecule has 0 aromatic heterocycles. The first-order chi connectivity index (χ1) is 6.15. The van der Waals surface area contributed by atoms with Crippen LogP contribution < -0.4 is 16.5 Å². The summed E-state index contributed by atoms with van der Waals surface area (Å²) in [6, 6.07) is 5.93. The second-order valence-corrected chi connectivity index (χ2v) is 2.41. The molecule has 0 aliphatic rings. The molecule has 1 aromatic rings. The van der Waals surface area contributed by atoms with Gasteiger partial charge >= 0.3 is 6.03 Å². The summed E-state index contributed by atoms with van der Waals surface area (Å²) in [4.78, 5) is 15.6. The summed E-state index contributed by atoms with van der Waals surface area (Å²) in [6.07, 6.45) is 0. The quantitative estimate of drug-likeness (QED) is 0.576. The van der Waals surface area contributed by atoms with Crippen molar-refractivity contribution in [2.75, 3.05) is 17.9 Å². The maximum absolute atomic E-state index is 10.8. The number of benzene rings is 1. The molecule has 0 heterocycles. The minimum Gasteiger partial charge on any atom is -0.399 e. The Kier molecular flexibility index (Phi) is 4.76. The molecule has 0 spiro atoms. The number of nitrogens with zero attached hydrogens (tertiary/aromatic N) is 1. The van der Waals surface area contributed by atoms with Gasteiger partial charge in [-0.05, 0) is 24.3 Å². The third kappa shape index (κ3) is 2.79. The molecule has 0 aliphatic heterocycles. The zero-order valence-corrected chi connectivity index (χ0v) is 8.45. The number of anilines is 2. The Morgan fingerprint density at radius 3 is 2.21 bits per heavy atom. The van der Waals surface area contributed by atoms with Crippen molar-refractivity contribution in [1.82, 2.24) is 0 Å². The fourth-order valence-electron chi connectivity index (χ4n) is 0.932. The van der Waals surface area contributed by atoms with Crippen molar-refractivity contribution < 1.29 is 9.63 Å². The minimum absolute atomic E-state index is 0. The van der Waals surface area contributed by atoms with Crippen LogP contribution in [0.2, 0.25) is 0 Å². The van der Waals surface area contributed by atoms with Crippen molar-refractivity contribution in [2.45, 2.75) is 0 Å². The summed E-state index contributed by atoms with van der Waals surface area (Å²) >= 11 is 0. The average Bonchev–Trinajstić information content (AvgIpc) is 2.09. The molecule has 1 aromatic carbocycles. The molecule has 5 nitrogen and oxygen atoms in total. The molecule has 0 radical (unpaired) electrons. The van der Waals surface area contributed by atoms with E-state index in [4.69, 9.17) is 16.3 Å². The Morgan fingerprint density at radius 2 is 1.86 bits per heavy atom. The van der Waals surface area contributed by atoms with Crippen molar-refractivity contribution in [2.24, 2.45) is 5.73 Å². The van der Waals surface area contributed by atoms with Crippen LogP contribution in [0.3, 0.4) is 0 Å². The maximum atomic E-state index is 10.8. The highest BCUT2D eigenvalue weighted by atomic mass is 35.5. The molecule has 2 amide bonds. The van der Waals surface area contributed by atoms with E-state index in [-0.39, 0.29) is 12.4 Å². The lowest BCUT2D eigenvalue weighted by molar-refractivity contribution is 0.168. The second-order valence-electron chi connectivity index (χ2n) is 2.41. The molecule has 0 saturated heterocycles. The second kappa shape index (κ2) is 5.31. The molecule has 14 heavy (non-hydrogen) atoms. The van der Waals surface area contributed by atoms with Gasteiger partial charge in [0, 0.05) is 5.69 Å². The number of rotatable bonds is 2. The smallest absolute Gasteiger partial charge is 0.343 e. The number of amides is 2. The van der Waals surface area contributed by atoms with Gasteiger partial charge < -0.3 is 11.5 Å². The number of hydroxylamine groups is 1. The Balaban J connectivity index is 0.00000169. The third-order valence-corrected chi connectivity index (χ3v) is 1.51. The average molecular weight is 218 g/mol. The Morgan fingerprint density at radius 1 is 1.36 bits per heavy atom. The Hall–Kier alpha value is -1.46. The highest BCUT2D eigenvalue weighted by molar-refractivity contribution is 5.88. The lowest BCUT2D eigenvalue weighted by atomic mass is 10.3. The number of nitrogen functional groups attached to an aromatic ring is 1. The molecule has 0 fully saturated rings. The first-order valence-electron chi connectivity index (χ1n) is 3.64. The van der Waals surface area contributed by atoms with Crippen molar-refractivity contribution >= 4 is 29.8 Å². The van der Waals surface area contributed by atoms with Crippen LogP contribution in [0, 0.1) is 0 Å². The van der Waals surface area contributed by atoms with E-state index < -0.39 is 6.03 Å². The summed E-state index contributed by atoms with van der Waals surface area (Å²) in [6.45, 7) is 0. The van der Waals surface area contributed by atoms with Gasteiger partial charge in [0.05, 0.1) is 12.8 Å². The summed E-state index contributed by atoms with van der Waals surface area (Å²) in [7, 11) is 1.36. The van der Waals surface area contributed by atoms with Crippen molar-refractivity contribution in [3.63, 3.8) is 0 Å². The maximum Gasteiger partial charge on any atom is 0.343 e. The molecule has 0 unspecified atom stereocenters. The number of hydrogen-bond acceptors (Lipinski definition) is 3. The number of carbonyl (C=O) groups is 1. The van der Waals surface area contributed by atoms with E-state index in [0.29, 0.717) is 11.4 Å². The molecule has 0 aliphatic carbocycles. The van der Waals surface area contributed by atoms with Gasteiger partial charge in [-0.3, -0.25) is 4.84 Å². The van der Waals surface area contributed by atoms with E-state index in [9.17, 15) is 4.79 Å². The largest absolute Gasteiger partial charge is 0.399 e. The number of primary amides is 1. The molecule has 0 saturated carbocycles. The molecule has 6 heteroatoms. The summed E-state index contributed by atoms with van der Waals surface area (Å²) in [5.41, 5.74) is 11.7. The highest BCUT2D eigenvalue weighted by Crippen LogP contribution is 2.15. The first-order valence-corrected chi connectivity index (χ1v) is 3.64. The lowest BCUT2D eigenvalue weighted by Crippen LogP contribution is -2.34. The number of hydrogen-bond donors (Lipinski definition) is 2. The first kappa shape index (κ1) is 12.5. The van der Waals surface area contributed by atoms with Gasteiger partial charge in [-0.25, -0.2) is 4.79 Å². The van der Waals surface area contributed by atoms with E-state index in [1.54, 1.807) is 24.3 Å². The number of urea groups is 1. The summed E-state index contributed by atoms with van der Waals surface area (Å²) in [5, 5.41) is 0.972. The zero-order chi connectivity index (χ0) is 9.84. The van der Waals surface area contributed by atoms with Crippen LogP contribution in [0.25, 0.3) is 0 Å². The van der Waals surface area contributed by atoms with Crippen LogP contribution >= 0.6 is 12.4 Å². The van der Waals surface area contributed by atoms with Gasteiger partial charge in [0.2, 0.25) is 0 Å². The predicted molar refractivity (Wildman–Crippen MR) is 57.2 cm³/mol. The molecule has 4 N–H and O–H groups in total. The van der Waals surface area contributed by atoms with Crippen LogP contribution in [0.5, 0.6) is 0 Å². The van der Waals surface area contributed by atoms with Crippen molar-refractivity contribution in [3.8, 4) is 0 Å². The van der Waals surface area contributed by atoms with Crippen LogP contribution in [0.1, 0.15) is 0 Å². The summed E-state index contributed by atoms with van der Waals surface area (Å²) in [5.74, 6) is 0. The Labute approximate surface area is 88.0 Å². The van der Waals surface area contributed by atoms with Crippen molar-refractivity contribution in [1.29, 1.82) is 0 Å². The molecule has 0 bridgehead atoms. The fourth-order valence-corrected chi connectivity index (χ4v) is 0.932. The van der Waals surface area contributed by atoms with Crippen LogP contribution in [-0.4, -0.2) is 13.1 Å². The third-order valence-electron chi connectivity index (χ3n) is 1.51. The predicted octanol–water partition coefficient (Wildman–Crippen LogP) is 1.14. The van der Waals surface area contributed by atoms with E-state index >= 15 is 0 Å². The topological polar surface area (TPSA) is 81.6 Å². The van der Waals surface area contributed by atoms with Crippen LogP contribution in [0.15, 0.2) is 24.3 Å². The normalized spacial score (nSPS) is 8.93. The molecular weight excluding hydrogens is 206 g/mol. The van der Waals surface area contributed by atoms with Crippen molar-refractivity contribution in [3.05, 3.63) is 24.3 Å². The van der Waals surface area contributed by atoms with Crippen LogP contribution in [-0.2, 0) is 4.84 Å². The molecule has 1 rings (SSSR count). The summed E-state index contributed by atoms with van der Waals surface area (Å²) < 4.78 is 0. The zero-order valence-electron chi connectivity index (χ0n) is 7.64. The molecular formula is C8H12ClN3O2. The SMILES string of the molecule is CON(C(N)=O)c1ccc(N)cc1.Cl. The minimum atomic E-state index is -0.674. The van der Waals surface area contributed by atoms with Gasteiger partial charge in [0.15, 0.2) is 0 Å². The van der Waals surface area contributed by atoms with Crippen LogP contribution in [0.4, 0.5) is 16.2 Å². The number of carbonyl (C=O) groups excluding carboxylic acids is 1. The molecule has 78 valence electrons. The van der Waals surface area contributed by atoms with Gasteiger partial charge in [0.1, 0.15) is 0 Å². The number of halogens is 1. The fraction of sp³-hybridized carbons (Fsp3) is 0.125. The lowest BCUT2D eigenvalue weighted by Gasteiger charge is -2.16.